The zero-order chi connectivity index (χ0) is 11.7. The van der Waals surface area contributed by atoms with Crippen molar-refractivity contribution in [1.29, 1.82) is 0 Å². The summed E-state index contributed by atoms with van der Waals surface area (Å²) in [6.45, 7) is 0. The van der Waals surface area contributed by atoms with Crippen molar-refractivity contribution in [3.8, 4) is 0 Å². The first-order chi connectivity index (χ1) is 8.31. The minimum atomic E-state index is 0.360. The second-order valence-corrected chi connectivity index (χ2v) is 5.16. The number of rotatable bonds is 2. The lowest BCUT2D eigenvalue weighted by molar-refractivity contribution is 0.467. The molecule has 1 aliphatic rings. The SMILES string of the molecule is ClC1CCC(Nc2ccn3nccc3n2)CC1. The molecular formula is C12H15ClN4. The van der Waals surface area contributed by atoms with E-state index in [4.69, 9.17) is 11.6 Å². The number of aromatic nitrogens is 3. The summed E-state index contributed by atoms with van der Waals surface area (Å²) in [7, 11) is 0. The molecule has 5 heteroatoms. The molecule has 0 spiro atoms. The number of halogens is 1. The van der Waals surface area contributed by atoms with E-state index in [9.17, 15) is 0 Å². The van der Waals surface area contributed by atoms with Crippen molar-refractivity contribution in [3.63, 3.8) is 0 Å². The summed E-state index contributed by atoms with van der Waals surface area (Å²) in [6, 6.07) is 4.37. The van der Waals surface area contributed by atoms with E-state index in [0.29, 0.717) is 11.4 Å². The molecule has 2 heterocycles. The molecule has 17 heavy (non-hydrogen) atoms. The van der Waals surface area contributed by atoms with Gasteiger partial charge in [0.05, 0.1) is 6.20 Å². The standard InChI is InChI=1S/C12H15ClN4/c13-9-1-3-10(4-2-9)15-11-6-8-17-12(16-11)5-7-14-17/h5-10H,1-4H2,(H,15,16). The quantitative estimate of drug-likeness (QED) is 0.834. The lowest BCUT2D eigenvalue weighted by atomic mass is 9.95. The van der Waals surface area contributed by atoms with Crippen LogP contribution in [0.2, 0.25) is 0 Å². The zero-order valence-corrected chi connectivity index (χ0v) is 10.3. The fraction of sp³-hybridized carbons (Fsp3) is 0.500. The molecule has 0 aliphatic heterocycles. The molecule has 0 bridgehead atoms. The van der Waals surface area contributed by atoms with Gasteiger partial charge in [-0.05, 0) is 31.7 Å². The van der Waals surface area contributed by atoms with Gasteiger partial charge in [-0.2, -0.15) is 5.10 Å². The van der Waals surface area contributed by atoms with Gasteiger partial charge in [0.1, 0.15) is 5.82 Å². The molecule has 1 fully saturated rings. The zero-order valence-electron chi connectivity index (χ0n) is 9.51. The van der Waals surface area contributed by atoms with E-state index in [-0.39, 0.29) is 0 Å². The molecule has 1 saturated carbocycles. The lowest BCUT2D eigenvalue weighted by Gasteiger charge is -2.26. The minimum absolute atomic E-state index is 0.360. The molecule has 0 atom stereocenters. The fourth-order valence-electron chi connectivity index (χ4n) is 2.30. The molecule has 2 aromatic rings. The van der Waals surface area contributed by atoms with E-state index in [0.717, 1.165) is 37.1 Å². The van der Waals surface area contributed by atoms with E-state index < -0.39 is 0 Å². The number of alkyl halides is 1. The molecule has 2 aromatic heterocycles. The van der Waals surface area contributed by atoms with Gasteiger partial charge in [-0.1, -0.05) is 0 Å². The summed E-state index contributed by atoms with van der Waals surface area (Å²) in [4.78, 5) is 4.50. The van der Waals surface area contributed by atoms with Gasteiger partial charge in [-0.3, -0.25) is 0 Å². The highest BCUT2D eigenvalue weighted by atomic mass is 35.5. The Balaban J connectivity index is 1.71. The predicted octanol–water partition coefficient (Wildman–Crippen LogP) is 2.69. The van der Waals surface area contributed by atoms with E-state index in [2.05, 4.69) is 15.4 Å². The Kier molecular flexibility index (Phi) is 2.89. The summed E-state index contributed by atoms with van der Waals surface area (Å²) < 4.78 is 1.76. The highest BCUT2D eigenvalue weighted by molar-refractivity contribution is 6.20. The number of nitrogens with one attached hydrogen (secondary N) is 1. The van der Waals surface area contributed by atoms with Crippen LogP contribution in [0.4, 0.5) is 5.82 Å². The van der Waals surface area contributed by atoms with Crippen LogP contribution in [0.15, 0.2) is 24.5 Å². The van der Waals surface area contributed by atoms with Crippen LogP contribution >= 0.6 is 11.6 Å². The van der Waals surface area contributed by atoms with Gasteiger partial charge < -0.3 is 5.32 Å². The van der Waals surface area contributed by atoms with Gasteiger partial charge in [0.25, 0.3) is 0 Å². The topological polar surface area (TPSA) is 42.2 Å². The summed E-state index contributed by atoms with van der Waals surface area (Å²) in [5, 5.41) is 7.96. The van der Waals surface area contributed by atoms with Gasteiger partial charge >= 0.3 is 0 Å². The van der Waals surface area contributed by atoms with Crippen LogP contribution < -0.4 is 5.32 Å². The number of nitrogens with zero attached hydrogens (tertiary/aromatic N) is 3. The van der Waals surface area contributed by atoms with Crippen molar-refractivity contribution in [2.75, 3.05) is 5.32 Å². The maximum Gasteiger partial charge on any atom is 0.157 e. The monoisotopic (exact) mass is 250 g/mol. The molecule has 0 aromatic carbocycles. The molecule has 0 radical (unpaired) electrons. The minimum Gasteiger partial charge on any atom is -0.367 e. The average molecular weight is 251 g/mol. The van der Waals surface area contributed by atoms with Gasteiger partial charge in [-0.25, -0.2) is 9.50 Å². The summed E-state index contributed by atoms with van der Waals surface area (Å²) in [5.74, 6) is 0.927. The van der Waals surface area contributed by atoms with E-state index in [1.165, 1.54) is 0 Å². The van der Waals surface area contributed by atoms with E-state index >= 15 is 0 Å². The van der Waals surface area contributed by atoms with Crippen molar-refractivity contribution in [1.82, 2.24) is 14.6 Å². The molecule has 0 amide bonds. The highest BCUT2D eigenvalue weighted by Crippen LogP contribution is 2.24. The van der Waals surface area contributed by atoms with Crippen molar-refractivity contribution in [3.05, 3.63) is 24.5 Å². The van der Waals surface area contributed by atoms with Crippen LogP contribution in [0.3, 0.4) is 0 Å². The summed E-state index contributed by atoms with van der Waals surface area (Å²) in [6.07, 6.45) is 8.12. The summed E-state index contributed by atoms with van der Waals surface area (Å²) in [5.41, 5.74) is 0.876. The Hall–Kier alpha value is -1.29. The third-order valence-corrected chi connectivity index (χ3v) is 3.70. The van der Waals surface area contributed by atoms with E-state index in [1.807, 2.05) is 18.3 Å². The second kappa shape index (κ2) is 4.53. The molecule has 1 aliphatic carbocycles. The first kappa shape index (κ1) is 10.8. The molecule has 3 rings (SSSR count). The van der Waals surface area contributed by atoms with Gasteiger partial charge in [0, 0.05) is 23.7 Å². The summed E-state index contributed by atoms with van der Waals surface area (Å²) >= 11 is 6.09. The van der Waals surface area contributed by atoms with Crippen molar-refractivity contribution in [2.24, 2.45) is 0 Å². The van der Waals surface area contributed by atoms with Crippen LogP contribution in [0.25, 0.3) is 5.65 Å². The highest BCUT2D eigenvalue weighted by Gasteiger charge is 2.19. The molecule has 0 saturated heterocycles. The molecule has 90 valence electrons. The average Bonchev–Trinajstić information content (AvgIpc) is 2.79. The lowest BCUT2D eigenvalue weighted by Crippen LogP contribution is -2.26. The normalized spacial score (nSPS) is 25.0. The Morgan fingerprint density at radius 2 is 2.06 bits per heavy atom. The second-order valence-electron chi connectivity index (χ2n) is 4.54. The smallest absolute Gasteiger partial charge is 0.157 e. The van der Waals surface area contributed by atoms with Crippen LogP contribution in [0.1, 0.15) is 25.7 Å². The number of hydrogen-bond acceptors (Lipinski definition) is 3. The maximum absolute atomic E-state index is 6.09. The van der Waals surface area contributed by atoms with Gasteiger partial charge in [0.2, 0.25) is 0 Å². The Morgan fingerprint density at radius 1 is 1.24 bits per heavy atom. The van der Waals surface area contributed by atoms with Gasteiger partial charge in [-0.15, -0.1) is 11.6 Å². The number of anilines is 1. The van der Waals surface area contributed by atoms with Gasteiger partial charge in [0.15, 0.2) is 5.65 Å². The van der Waals surface area contributed by atoms with E-state index in [1.54, 1.807) is 10.7 Å². The number of fused-ring (bicyclic) bond motifs is 1. The molecule has 4 nitrogen and oxygen atoms in total. The first-order valence-electron chi connectivity index (χ1n) is 6.02. The van der Waals surface area contributed by atoms with Crippen molar-refractivity contribution >= 4 is 23.1 Å². The molecular weight excluding hydrogens is 236 g/mol. The Labute approximate surface area is 105 Å². The fourth-order valence-corrected chi connectivity index (χ4v) is 2.55. The van der Waals surface area contributed by atoms with Crippen molar-refractivity contribution in [2.45, 2.75) is 37.1 Å². The predicted molar refractivity (Wildman–Crippen MR) is 68.5 cm³/mol. The van der Waals surface area contributed by atoms with Crippen LogP contribution in [-0.2, 0) is 0 Å². The van der Waals surface area contributed by atoms with Crippen molar-refractivity contribution < 1.29 is 0 Å². The van der Waals surface area contributed by atoms with Crippen LogP contribution in [0, 0.1) is 0 Å². The van der Waals surface area contributed by atoms with Crippen LogP contribution in [-0.4, -0.2) is 26.0 Å². The largest absolute Gasteiger partial charge is 0.367 e. The maximum atomic E-state index is 6.09. The first-order valence-corrected chi connectivity index (χ1v) is 6.46. The Bertz CT molecular complexity index is 502. The number of hydrogen-bond donors (Lipinski definition) is 1. The molecule has 0 unspecified atom stereocenters. The third-order valence-electron chi connectivity index (χ3n) is 3.27. The molecule has 1 N–H and O–H groups in total. The third kappa shape index (κ3) is 2.36. The Morgan fingerprint density at radius 3 is 2.88 bits per heavy atom. The van der Waals surface area contributed by atoms with Crippen LogP contribution in [0.5, 0.6) is 0 Å².